The summed E-state index contributed by atoms with van der Waals surface area (Å²) >= 11 is 1.52. The number of nitrogens with one attached hydrogen (secondary N) is 2. The van der Waals surface area contributed by atoms with Crippen molar-refractivity contribution in [3.05, 3.63) is 77.1 Å². The third-order valence-corrected chi connectivity index (χ3v) is 5.18. The number of benzene rings is 2. The Morgan fingerprint density at radius 2 is 1.96 bits per heavy atom. The fourth-order valence-electron chi connectivity index (χ4n) is 2.68. The van der Waals surface area contributed by atoms with Crippen LogP contribution in [0.3, 0.4) is 0 Å². The Morgan fingerprint density at radius 3 is 2.65 bits per heavy atom. The number of hydrogen-bond acceptors (Lipinski definition) is 4. The lowest BCUT2D eigenvalue weighted by atomic mass is 10.0. The van der Waals surface area contributed by atoms with E-state index in [-0.39, 0.29) is 11.9 Å². The molecule has 0 fully saturated rings. The monoisotopic (exact) mass is 366 g/mol. The average molecular weight is 366 g/mol. The first-order valence-corrected chi connectivity index (χ1v) is 9.61. The molecule has 0 bridgehead atoms. The van der Waals surface area contributed by atoms with Crippen molar-refractivity contribution in [2.45, 2.75) is 37.2 Å². The van der Waals surface area contributed by atoms with E-state index in [1.807, 2.05) is 31.2 Å². The van der Waals surface area contributed by atoms with Crippen molar-refractivity contribution < 1.29 is 4.79 Å². The van der Waals surface area contributed by atoms with Gasteiger partial charge in [0.2, 0.25) is 0 Å². The second-order valence-corrected chi connectivity index (χ2v) is 6.99. The van der Waals surface area contributed by atoms with E-state index in [0.717, 1.165) is 22.7 Å². The summed E-state index contributed by atoms with van der Waals surface area (Å²) in [5.41, 5.74) is 4.06. The molecule has 134 valence electrons. The van der Waals surface area contributed by atoms with Crippen LogP contribution in [0.2, 0.25) is 0 Å². The first-order valence-electron chi connectivity index (χ1n) is 8.63. The molecular weight excluding hydrogens is 344 g/mol. The Morgan fingerprint density at radius 1 is 1.19 bits per heavy atom. The minimum absolute atomic E-state index is 0.0524. The lowest BCUT2D eigenvalue weighted by Gasteiger charge is -2.16. The van der Waals surface area contributed by atoms with Crippen molar-refractivity contribution in [3.8, 4) is 0 Å². The molecule has 1 atom stereocenters. The smallest absolute Gasteiger partial charge is 0.252 e. The van der Waals surface area contributed by atoms with E-state index in [9.17, 15) is 4.79 Å². The number of aromatic nitrogens is 3. The number of nitrogens with zero attached hydrogens (tertiary/aromatic N) is 2. The van der Waals surface area contributed by atoms with E-state index < -0.39 is 0 Å². The van der Waals surface area contributed by atoms with Crippen LogP contribution in [0.4, 0.5) is 0 Å². The van der Waals surface area contributed by atoms with E-state index in [1.165, 1.54) is 23.7 Å². The lowest BCUT2D eigenvalue weighted by molar-refractivity contribution is 0.0939. The normalized spacial score (nSPS) is 11.9. The minimum atomic E-state index is -0.0640. The molecular formula is C20H22N4OS. The van der Waals surface area contributed by atoms with Crippen LogP contribution in [-0.2, 0) is 12.2 Å². The van der Waals surface area contributed by atoms with Crippen molar-refractivity contribution in [2.24, 2.45) is 0 Å². The van der Waals surface area contributed by atoms with Gasteiger partial charge in [0.25, 0.3) is 5.91 Å². The van der Waals surface area contributed by atoms with Crippen molar-refractivity contribution >= 4 is 17.7 Å². The predicted octanol–water partition coefficient (Wildman–Crippen LogP) is 4.15. The van der Waals surface area contributed by atoms with Crippen LogP contribution >= 0.6 is 11.8 Å². The third-order valence-electron chi connectivity index (χ3n) is 4.25. The van der Waals surface area contributed by atoms with Crippen molar-refractivity contribution in [1.29, 1.82) is 0 Å². The zero-order chi connectivity index (χ0) is 18.4. The van der Waals surface area contributed by atoms with Crippen molar-refractivity contribution in [2.75, 3.05) is 0 Å². The van der Waals surface area contributed by atoms with Gasteiger partial charge in [-0.3, -0.25) is 9.89 Å². The zero-order valence-corrected chi connectivity index (χ0v) is 15.7. The summed E-state index contributed by atoms with van der Waals surface area (Å²) in [6.45, 7) is 4.14. The molecule has 6 heteroatoms. The molecule has 0 aliphatic carbocycles. The minimum Gasteiger partial charge on any atom is -0.346 e. The molecule has 0 spiro atoms. The Labute approximate surface area is 157 Å². The van der Waals surface area contributed by atoms with Gasteiger partial charge in [-0.05, 0) is 36.1 Å². The predicted molar refractivity (Wildman–Crippen MR) is 104 cm³/mol. The molecule has 1 unspecified atom stereocenters. The Balaban J connectivity index is 1.68. The second kappa shape index (κ2) is 8.67. The van der Waals surface area contributed by atoms with E-state index in [0.29, 0.717) is 11.3 Å². The fourth-order valence-corrected chi connectivity index (χ4v) is 3.46. The molecule has 2 aromatic carbocycles. The summed E-state index contributed by atoms with van der Waals surface area (Å²) < 4.78 is 0. The van der Waals surface area contributed by atoms with E-state index in [4.69, 9.17) is 0 Å². The highest BCUT2D eigenvalue weighted by Crippen LogP contribution is 2.22. The lowest BCUT2D eigenvalue weighted by Crippen LogP contribution is -2.27. The molecule has 0 saturated carbocycles. The molecule has 26 heavy (non-hydrogen) atoms. The summed E-state index contributed by atoms with van der Waals surface area (Å²) in [5.74, 6) is 0.587. The van der Waals surface area contributed by atoms with Crippen LogP contribution in [0.1, 0.15) is 46.9 Å². The van der Waals surface area contributed by atoms with Crippen LogP contribution in [-0.4, -0.2) is 21.1 Å². The number of H-pyrrole nitrogens is 1. The molecule has 0 aliphatic rings. The standard InChI is InChI=1S/C20H22N4OS/c1-3-15-8-10-16(11-9-15)14(2)23-19(25)18-7-5-4-6-17(18)12-26-20-21-13-22-24-20/h4-11,13-14H,3,12H2,1-2H3,(H,23,25)(H,21,22,24). The summed E-state index contributed by atoms with van der Waals surface area (Å²) in [6, 6.07) is 16.0. The highest BCUT2D eigenvalue weighted by atomic mass is 32.2. The summed E-state index contributed by atoms with van der Waals surface area (Å²) in [5, 5.41) is 10.5. The Bertz CT molecular complexity index is 847. The summed E-state index contributed by atoms with van der Waals surface area (Å²) in [4.78, 5) is 16.9. The molecule has 0 radical (unpaired) electrons. The molecule has 1 amide bonds. The maximum Gasteiger partial charge on any atom is 0.252 e. The molecule has 0 saturated heterocycles. The third kappa shape index (κ3) is 4.52. The van der Waals surface area contributed by atoms with Gasteiger partial charge in [0.1, 0.15) is 6.33 Å². The van der Waals surface area contributed by atoms with Gasteiger partial charge in [-0.15, -0.1) is 0 Å². The van der Waals surface area contributed by atoms with Gasteiger partial charge in [0.05, 0.1) is 6.04 Å². The molecule has 3 aromatic rings. The molecule has 0 aliphatic heterocycles. The van der Waals surface area contributed by atoms with Crippen LogP contribution in [0.15, 0.2) is 60.0 Å². The highest BCUT2D eigenvalue weighted by Gasteiger charge is 2.15. The highest BCUT2D eigenvalue weighted by molar-refractivity contribution is 7.98. The quantitative estimate of drug-likeness (QED) is 0.616. The molecule has 3 rings (SSSR count). The van der Waals surface area contributed by atoms with E-state index >= 15 is 0 Å². The number of aromatic amines is 1. The summed E-state index contributed by atoms with van der Waals surface area (Å²) in [6.07, 6.45) is 2.49. The maximum atomic E-state index is 12.8. The first-order chi connectivity index (χ1) is 12.7. The Hall–Kier alpha value is -2.60. The molecule has 1 aromatic heterocycles. The topological polar surface area (TPSA) is 70.7 Å². The van der Waals surface area contributed by atoms with Crippen molar-refractivity contribution in [3.63, 3.8) is 0 Å². The van der Waals surface area contributed by atoms with Gasteiger partial charge in [-0.25, -0.2) is 4.98 Å². The molecule has 5 nitrogen and oxygen atoms in total. The summed E-state index contributed by atoms with van der Waals surface area (Å²) in [7, 11) is 0. The number of hydrogen-bond donors (Lipinski definition) is 2. The SMILES string of the molecule is CCc1ccc(C(C)NC(=O)c2ccccc2CSc2ncn[nH]2)cc1. The van der Waals surface area contributed by atoms with Gasteiger partial charge in [-0.1, -0.05) is 61.2 Å². The number of rotatable bonds is 7. The van der Waals surface area contributed by atoms with Crippen LogP contribution < -0.4 is 5.32 Å². The fraction of sp³-hybridized carbons (Fsp3) is 0.250. The largest absolute Gasteiger partial charge is 0.346 e. The van der Waals surface area contributed by atoms with Crippen LogP contribution in [0, 0.1) is 0 Å². The van der Waals surface area contributed by atoms with Crippen LogP contribution in [0.5, 0.6) is 0 Å². The molecule has 2 N–H and O–H groups in total. The van der Waals surface area contributed by atoms with Crippen LogP contribution in [0.25, 0.3) is 0 Å². The zero-order valence-electron chi connectivity index (χ0n) is 14.9. The maximum absolute atomic E-state index is 12.8. The Kier molecular flexibility index (Phi) is 6.07. The van der Waals surface area contributed by atoms with Gasteiger partial charge in [0, 0.05) is 11.3 Å². The van der Waals surface area contributed by atoms with Gasteiger partial charge in [0.15, 0.2) is 5.16 Å². The number of carbonyl (C=O) groups excluding carboxylic acids is 1. The number of aryl methyl sites for hydroxylation is 1. The van der Waals surface area contributed by atoms with Gasteiger partial charge >= 0.3 is 0 Å². The van der Waals surface area contributed by atoms with Gasteiger partial charge < -0.3 is 5.32 Å². The number of carbonyl (C=O) groups is 1. The van der Waals surface area contributed by atoms with E-state index in [2.05, 4.69) is 51.7 Å². The molecule has 1 heterocycles. The van der Waals surface area contributed by atoms with E-state index in [1.54, 1.807) is 0 Å². The average Bonchev–Trinajstić information content (AvgIpc) is 3.20. The first kappa shape index (κ1) is 18.2. The van der Waals surface area contributed by atoms with Crippen molar-refractivity contribution in [1.82, 2.24) is 20.5 Å². The number of amides is 1. The number of thioether (sulfide) groups is 1. The van der Waals surface area contributed by atoms with Gasteiger partial charge in [-0.2, -0.15) is 5.10 Å². The second-order valence-electron chi connectivity index (χ2n) is 6.03.